The third-order valence-corrected chi connectivity index (χ3v) is 2.83. The zero-order valence-electron chi connectivity index (χ0n) is 11.1. The van der Waals surface area contributed by atoms with Crippen LogP contribution in [0, 0.1) is 0 Å². The molecule has 3 nitrogen and oxygen atoms in total. The van der Waals surface area contributed by atoms with Crippen LogP contribution in [0.25, 0.3) is 6.08 Å². The molecular weight excluding hydrogens is 226 g/mol. The molecule has 98 valence electrons. The fraction of sp³-hybridized carbons (Fsp3) is 0.467. The van der Waals surface area contributed by atoms with E-state index in [1.54, 1.807) is 0 Å². The molecule has 18 heavy (non-hydrogen) atoms. The van der Waals surface area contributed by atoms with Gasteiger partial charge < -0.3 is 15.2 Å². The smallest absolute Gasteiger partial charge is 0.161 e. The van der Waals surface area contributed by atoms with Gasteiger partial charge in [-0.15, -0.1) is 0 Å². The Labute approximate surface area is 109 Å². The van der Waals surface area contributed by atoms with Crippen molar-refractivity contribution in [2.24, 2.45) is 5.73 Å². The first-order valence-electron chi connectivity index (χ1n) is 6.40. The van der Waals surface area contributed by atoms with Crippen LogP contribution < -0.4 is 15.2 Å². The van der Waals surface area contributed by atoms with Crippen molar-refractivity contribution in [3.63, 3.8) is 0 Å². The molecule has 2 rings (SSSR count). The molecule has 0 bridgehead atoms. The number of hydrogen-bond acceptors (Lipinski definition) is 3. The lowest BCUT2D eigenvalue weighted by atomic mass is 10.00. The standard InChI is InChI=1S/C15H21NO2/c1-15(2,16)8-4-3-5-12-6-7-13-14(11-12)18-10-9-17-13/h3,5-7,11H,4,8-10,16H2,1-2H3/b5-3+. The van der Waals surface area contributed by atoms with Crippen LogP contribution in [0.2, 0.25) is 0 Å². The summed E-state index contributed by atoms with van der Waals surface area (Å²) in [6.45, 7) is 5.35. The highest BCUT2D eigenvalue weighted by atomic mass is 16.6. The Balaban J connectivity index is 1.95. The summed E-state index contributed by atoms with van der Waals surface area (Å²) in [6.07, 6.45) is 6.22. The molecule has 2 N–H and O–H groups in total. The molecule has 3 heteroatoms. The van der Waals surface area contributed by atoms with Crippen molar-refractivity contribution in [2.75, 3.05) is 13.2 Å². The molecule has 0 aromatic heterocycles. The monoisotopic (exact) mass is 247 g/mol. The number of nitrogens with two attached hydrogens (primary N) is 1. The van der Waals surface area contributed by atoms with Gasteiger partial charge in [-0.05, 0) is 44.4 Å². The van der Waals surface area contributed by atoms with Crippen LogP contribution in [0.5, 0.6) is 11.5 Å². The second-order valence-electron chi connectivity index (χ2n) is 5.33. The molecule has 1 heterocycles. The zero-order chi connectivity index (χ0) is 13.0. The van der Waals surface area contributed by atoms with E-state index < -0.39 is 0 Å². The Morgan fingerprint density at radius 2 is 1.94 bits per heavy atom. The summed E-state index contributed by atoms with van der Waals surface area (Å²) >= 11 is 0. The highest BCUT2D eigenvalue weighted by Crippen LogP contribution is 2.31. The summed E-state index contributed by atoms with van der Waals surface area (Å²) in [5.41, 5.74) is 6.97. The third-order valence-electron chi connectivity index (χ3n) is 2.83. The Bertz CT molecular complexity index is 433. The number of rotatable bonds is 4. The van der Waals surface area contributed by atoms with E-state index in [4.69, 9.17) is 15.2 Å². The Morgan fingerprint density at radius 3 is 2.67 bits per heavy atom. The second-order valence-corrected chi connectivity index (χ2v) is 5.33. The fourth-order valence-corrected chi connectivity index (χ4v) is 1.84. The van der Waals surface area contributed by atoms with Crippen LogP contribution >= 0.6 is 0 Å². The van der Waals surface area contributed by atoms with Crippen molar-refractivity contribution in [2.45, 2.75) is 32.2 Å². The molecule has 0 radical (unpaired) electrons. The maximum absolute atomic E-state index is 5.94. The summed E-state index contributed by atoms with van der Waals surface area (Å²) in [6, 6.07) is 6.01. The van der Waals surface area contributed by atoms with Gasteiger partial charge in [-0.3, -0.25) is 0 Å². The van der Waals surface area contributed by atoms with Gasteiger partial charge in [-0.1, -0.05) is 18.2 Å². The molecule has 0 unspecified atom stereocenters. The normalized spacial score (nSPS) is 15.1. The molecule has 0 fully saturated rings. The SMILES string of the molecule is CC(C)(N)CC/C=C/c1ccc2c(c1)OCCO2. The lowest BCUT2D eigenvalue weighted by Crippen LogP contribution is -2.31. The van der Waals surface area contributed by atoms with E-state index in [9.17, 15) is 0 Å². The number of fused-ring (bicyclic) bond motifs is 1. The second kappa shape index (κ2) is 5.44. The minimum Gasteiger partial charge on any atom is -0.486 e. The summed E-state index contributed by atoms with van der Waals surface area (Å²) in [5, 5.41) is 0. The van der Waals surface area contributed by atoms with Crippen LogP contribution in [0.15, 0.2) is 24.3 Å². The van der Waals surface area contributed by atoms with Gasteiger partial charge in [0.25, 0.3) is 0 Å². The van der Waals surface area contributed by atoms with Crippen LogP contribution in [0.1, 0.15) is 32.3 Å². The van der Waals surface area contributed by atoms with Gasteiger partial charge in [0.15, 0.2) is 11.5 Å². The van der Waals surface area contributed by atoms with Crippen molar-refractivity contribution in [3.05, 3.63) is 29.8 Å². The number of benzene rings is 1. The van der Waals surface area contributed by atoms with Crippen LogP contribution in [-0.4, -0.2) is 18.8 Å². The Hall–Kier alpha value is -1.48. The summed E-state index contributed by atoms with van der Waals surface area (Å²) in [4.78, 5) is 0. The topological polar surface area (TPSA) is 44.5 Å². The van der Waals surface area contributed by atoms with E-state index in [-0.39, 0.29) is 5.54 Å². The number of allylic oxidation sites excluding steroid dienone is 1. The molecule has 0 saturated heterocycles. The molecule has 1 aliphatic rings. The van der Waals surface area contributed by atoms with E-state index >= 15 is 0 Å². The van der Waals surface area contributed by atoms with Gasteiger partial charge in [-0.2, -0.15) is 0 Å². The van der Waals surface area contributed by atoms with Crippen molar-refractivity contribution in [1.29, 1.82) is 0 Å². The first kappa shape index (κ1) is 13.0. The van der Waals surface area contributed by atoms with Gasteiger partial charge in [0.2, 0.25) is 0 Å². The molecule has 1 aromatic rings. The Morgan fingerprint density at radius 1 is 1.22 bits per heavy atom. The first-order valence-corrected chi connectivity index (χ1v) is 6.40. The van der Waals surface area contributed by atoms with Crippen LogP contribution in [0.3, 0.4) is 0 Å². The highest BCUT2D eigenvalue weighted by Gasteiger charge is 2.11. The predicted octanol–water partition coefficient (Wildman–Crippen LogP) is 2.99. The van der Waals surface area contributed by atoms with Crippen molar-refractivity contribution in [1.82, 2.24) is 0 Å². The van der Waals surface area contributed by atoms with E-state index in [1.165, 1.54) is 0 Å². The van der Waals surface area contributed by atoms with Gasteiger partial charge in [0.1, 0.15) is 13.2 Å². The van der Waals surface area contributed by atoms with Crippen molar-refractivity contribution < 1.29 is 9.47 Å². The summed E-state index contributed by atoms with van der Waals surface area (Å²) < 4.78 is 11.0. The molecule has 0 saturated carbocycles. The largest absolute Gasteiger partial charge is 0.486 e. The molecular formula is C15H21NO2. The highest BCUT2D eigenvalue weighted by molar-refractivity contribution is 5.56. The minimum atomic E-state index is -0.100. The lowest BCUT2D eigenvalue weighted by Gasteiger charge is -2.18. The van der Waals surface area contributed by atoms with Gasteiger partial charge >= 0.3 is 0 Å². The van der Waals surface area contributed by atoms with Gasteiger partial charge in [0, 0.05) is 5.54 Å². The maximum Gasteiger partial charge on any atom is 0.161 e. The van der Waals surface area contributed by atoms with E-state index in [0.29, 0.717) is 13.2 Å². The molecule has 1 aromatic carbocycles. The fourth-order valence-electron chi connectivity index (χ4n) is 1.84. The molecule has 1 aliphatic heterocycles. The molecule has 0 spiro atoms. The zero-order valence-corrected chi connectivity index (χ0v) is 11.1. The van der Waals surface area contributed by atoms with Gasteiger partial charge in [-0.25, -0.2) is 0 Å². The quantitative estimate of drug-likeness (QED) is 0.889. The summed E-state index contributed by atoms with van der Waals surface area (Å²) in [7, 11) is 0. The predicted molar refractivity (Wildman–Crippen MR) is 74.0 cm³/mol. The lowest BCUT2D eigenvalue weighted by molar-refractivity contribution is 0.171. The van der Waals surface area contributed by atoms with Crippen LogP contribution in [0.4, 0.5) is 0 Å². The number of ether oxygens (including phenoxy) is 2. The van der Waals surface area contributed by atoms with Gasteiger partial charge in [0.05, 0.1) is 0 Å². The van der Waals surface area contributed by atoms with Crippen LogP contribution in [-0.2, 0) is 0 Å². The number of hydrogen-bond donors (Lipinski definition) is 1. The average molecular weight is 247 g/mol. The minimum absolute atomic E-state index is 0.100. The first-order chi connectivity index (χ1) is 8.54. The average Bonchev–Trinajstić information content (AvgIpc) is 2.33. The third kappa shape index (κ3) is 3.77. The van der Waals surface area contributed by atoms with Crippen molar-refractivity contribution >= 4 is 6.08 Å². The van der Waals surface area contributed by atoms with E-state index in [0.717, 1.165) is 29.9 Å². The molecule has 0 amide bonds. The van der Waals surface area contributed by atoms with Crippen molar-refractivity contribution in [3.8, 4) is 11.5 Å². The van der Waals surface area contributed by atoms with E-state index in [2.05, 4.69) is 12.2 Å². The summed E-state index contributed by atoms with van der Waals surface area (Å²) in [5.74, 6) is 1.67. The molecule has 0 atom stereocenters. The van der Waals surface area contributed by atoms with E-state index in [1.807, 2.05) is 32.0 Å². The maximum atomic E-state index is 5.94. The molecule has 0 aliphatic carbocycles. The Kier molecular flexibility index (Phi) is 3.92.